The second kappa shape index (κ2) is 6.37. The van der Waals surface area contributed by atoms with Crippen LogP contribution in [0.25, 0.3) is 0 Å². The number of ether oxygens (including phenoxy) is 3. The van der Waals surface area contributed by atoms with Crippen LogP contribution in [0.1, 0.15) is 41.5 Å². The van der Waals surface area contributed by atoms with Crippen molar-refractivity contribution in [1.82, 2.24) is 4.90 Å². The highest BCUT2D eigenvalue weighted by Crippen LogP contribution is 2.15. The summed E-state index contributed by atoms with van der Waals surface area (Å²) >= 11 is 0. The Labute approximate surface area is 126 Å². The highest BCUT2D eigenvalue weighted by Gasteiger charge is 2.28. The van der Waals surface area contributed by atoms with Crippen molar-refractivity contribution in [2.24, 2.45) is 0 Å². The van der Waals surface area contributed by atoms with Crippen LogP contribution in [0.5, 0.6) is 0 Å². The SMILES string of the molecule is CC(C)(C)OC(=O)OC1C=CCN(C(=O)OC(C)(C)C)C1. The smallest absolute Gasteiger partial charge is 0.444 e. The van der Waals surface area contributed by atoms with Crippen LogP contribution < -0.4 is 0 Å². The summed E-state index contributed by atoms with van der Waals surface area (Å²) in [4.78, 5) is 25.1. The van der Waals surface area contributed by atoms with Crippen LogP contribution in [0, 0.1) is 0 Å². The van der Waals surface area contributed by atoms with E-state index in [1.807, 2.05) is 0 Å². The molecule has 0 fully saturated rings. The monoisotopic (exact) mass is 299 g/mol. The van der Waals surface area contributed by atoms with Crippen molar-refractivity contribution in [3.63, 3.8) is 0 Å². The van der Waals surface area contributed by atoms with Crippen LogP contribution in [-0.4, -0.2) is 47.5 Å². The topological polar surface area (TPSA) is 65.1 Å². The average molecular weight is 299 g/mol. The molecule has 6 nitrogen and oxygen atoms in total. The Morgan fingerprint density at radius 3 is 2.14 bits per heavy atom. The molecular weight excluding hydrogens is 274 g/mol. The molecule has 1 unspecified atom stereocenters. The second-order valence-corrected chi connectivity index (χ2v) is 6.93. The molecule has 0 bridgehead atoms. The quantitative estimate of drug-likeness (QED) is 0.550. The van der Waals surface area contributed by atoms with Crippen molar-refractivity contribution in [3.05, 3.63) is 12.2 Å². The zero-order valence-electron chi connectivity index (χ0n) is 13.6. The van der Waals surface area contributed by atoms with Gasteiger partial charge in [0, 0.05) is 6.54 Å². The molecule has 120 valence electrons. The van der Waals surface area contributed by atoms with Gasteiger partial charge in [0.2, 0.25) is 0 Å². The Morgan fingerprint density at radius 1 is 1.05 bits per heavy atom. The molecule has 6 heteroatoms. The molecule has 21 heavy (non-hydrogen) atoms. The van der Waals surface area contributed by atoms with Crippen molar-refractivity contribution < 1.29 is 23.8 Å². The summed E-state index contributed by atoms with van der Waals surface area (Å²) in [5, 5.41) is 0. The lowest BCUT2D eigenvalue weighted by atomic mass is 10.2. The second-order valence-electron chi connectivity index (χ2n) is 6.93. The zero-order valence-corrected chi connectivity index (χ0v) is 13.6. The lowest BCUT2D eigenvalue weighted by molar-refractivity contribution is -0.0282. The van der Waals surface area contributed by atoms with E-state index in [1.165, 1.54) is 4.90 Å². The summed E-state index contributed by atoms with van der Waals surface area (Å²) in [6.07, 6.45) is 1.81. The van der Waals surface area contributed by atoms with E-state index in [-0.39, 0.29) is 6.54 Å². The summed E-state index contributed by atoms with van der Waals surface area (Å²) in [5.41, 5.74) is -1.17. The van der Waals surface area contributed by atoms with E-state index in [4.69, 9.17) is 14.2 Å². The summed E-state index contributed by atoms with van der Waals surface area (Å²) < 4.78 is 15.6. The maximum Gasteiger partial charge on any atom is 0.509 e. The Morgan fingerprint density at radius 2 is 1.62 bits per heavy atom. The molecule has 1 aliphatic rings. The maximum atomic E-state index is 12.0. The van der Waals surface area contributed by atoms with Crippen molar-refractivity contribution in [2.75, 3.05) is 13.1 Å². The highest BCUT2D eigenvalue weighted by atomic mass is 16.7. The number of hydrogen-bond acceptors (Lipinski definition) is 5. The van der Waals surface area contributed by atoms with Gasteiger partial charge in [-0.25, -0.2) is 9.59 Å². The highest BCUT2D eigenvalue weighted by molar-refractivity contribution is 5.69. The number of carbonyl (C=O) groups excluding carboxylic acids is 2. The minimum Gasteiger partial charge on any atom is -0.444 e. The van der Waals surface area contributed by atoms with Crippen molar-refractivity contribution in [2.45, 2.75) is 58.8 Å². The number of nitrogens with zero attached hydrogens (tertiary/aromatic N) is 1. The minimum atomic E-state index is -0.747. The molecule has 0 spiro atoms. The van der Waals surface area contributed by atoms with Crippen LogP contribution in [0.3, 0.4) is 0 Å². The first kappa shape index (κ1) is 17.3. The van der Waals surface area contributed by atoms with Gasteiger partial charge in [-0.15, -0.1) is 0 Å². The molecule has 0 aliphatic carbocycles. The number of hydrogen-bond donors (Lipinski definition) is 0. The third kappa shape index (κ3) is 7.02. The van der Waals surface area contributed by atoms with E-state index in [0.29, 0.717) is 6.54 Å². The lowest BCUT2D eigenvalue weighted by Crippen LogP contribution is -2.44. The normalized spacial score (nSPS) is 19.1. The summed E-state index contributed by atoms with van der Waals surface area (Å²) in [6, 6.07) is 0. The summed E-state index contributed by atoms with van der Waals surface area (Å²) in [5.74, 6) is 0. The molecule has 0 saturated heterocycles. The molecular formula is C15H25NO5. The largest absolute Gasteiger partial charge is 0.509 e. The van der Waals surface area contributed by atoms with Gasteiger partial charge in [-0.2, -0.15) is 0 Å². The predicted octanol–water partition coefficient (Wildman–Crippen LogP) is 3.11. The molecule has 0 aromatic carbocycles. The molecule has 0 aromatic rings. The molecule has 0 N–H and O–H groups in total. The van der Waals surface area contributed by atoms with Gasteiger partial charge in [-0.3, -0.25) is 0 Å². The van der Waals surface area contributed by atoms with E-state index in [0.717, 1.165) is 0 Å². The van der Waals surface area contributed by atoms with Crippen molar-refractivity contribution in [3.8, 4) is 0 Å². The van der Waals surface area contributed by atoms with E-state index in [2.05, 4.69) is 0 Å². The van der Waals surface area contributed by atoms with Gasteiger partial charge in [-0.1, -0.05) is 6.08 Å². The molecule has 1 aliphatic heterocycles. The van der Waals surface area contributed by atoms with Gasteiger partial charge >= 0.3 is 12.2 Å². The van der Waals surface area contributed by atoms with Gasteiger partial charge in [-0.05, 0) is 47.6 Å². The third-order valence-electron chi connectivity index (χ3n) is 2.37. The Balaban J connectivity index is 2.53. The van der Waals surface area contributed by atoms with Crippen molar-refractivity contribution >= 4 is 12.2 Å². The molecule has 0 aromatic heterocycles. The van der Waals surface area contributed by atoms with Gasteiger partial charge < -0.3 is 19.1 Å². The predicted molar refractivity (Wildman–Crippen MR) is 78.1 cm³/mol. The van der Waals surface area contributed by atoms with E-state index >= 15 is 0 Å². The van der Waals surface area contributed by atoms with Crippen LogP contribution in [0.4, 0.5) is 9.59 Å². The standard InChI is InChI=1S/C15H25NO5/c1-14(2,3)20-12(17)16-9-7-8-11(10-16)19-13(18)21-15(4,5)6/h7-8,11H,9-10H2,1-6H3. The first-order valence-corrected chi connectivity index (χ1v) is 7.00. The van der Waals surface area contributed by atoms with Gasteiger partial charge in [0.1, 0.15) is 17.3 Å². The molecule has 1 amide bonds. The first-order valence-electron chi connectivity index (χ1n) is 7.00. The fraction of sp³-hybridized carbons (Fsp3) is 0.733. The fourth-order valence-corrected chi connectivity index (χ4v) is 1.64. The molecule has 0 saturated carbocycles. The van der Waals surface area contributed by atoms with Crippen LogP contribution in [0.15, 0.2) is 12.2 Å². The lowest BCUT2D eigenvalue weighted by Gasteiger charge is -2.31. The molecule has 1 heterocycles. The summed E-state index contributed by atoms with van der Waals surface area (Å²) in [6.45, 7) is 11.4. The molecule has 0 radical (unpaired) electrons. The van der Waals surface area contributed by atoms with Crippen LogP contribution in [-0.2, 0) is 14.2 Å². The average Bonchev–Trinajstić information content (AvgIpc) is 2.24. The Kier molecular flexibility index (Phi) is 5.25. The molecule has 1 atom stereocenters. The third-order valence-corrected chi connectivity index (χ3v) is 2.37. The van der Waals surface area contributed by atoms with Gasteiger partial charge in [0.05, 0.1) is 6.54 Å². The van der Waals surface area contributed by atoms with E-state index in [1.54, 1.807) is 53.7 Å². The number of amides is 1. The van der Waals surface area contributed by atoms with Gasteiger partial charge in [0.25, 0.3) is 0 Å². The fourth-order valence-electron chi connectivity index (χ4n) is 1.64. The number of rotatable bonds is 1. The van der Waals surface area contributed by atoms with E-state index < -0.39 is 29.6 Å². The first-order chi connectivity index (χ1) is 9.46. The van der Waals surface area contributed by atoms with Gasteiger partial charge in [0.15, 0.2) is 0 Å². The van der Waals surface area contributed by atoms with E-state index in [9.17, 15) is 9.59 Å². The van der Waals surface area contributed by atoms with Crippen LogP contribution in [0.2, 0.25) is 0 Å². The van der Waals surface area contributed by atoms with Crippen molar-refractivity contribution in [1.29, 1.82) is 0 Å². The molecule has 1 rings (SSSR count). The zero-order chi connectivity index (χ0) is 16.3. The Hall–Kier alpha value is -1.72. The Bertz CT molecular complexity index is 417. The minimum absolute atomic E-state index is 0.255. The maximum absolute atomic E-state index is 12.0. The summed E-state index contributed by atoms with van der Waals surface area (Å²) in [7, 11) is 0. The van der Waals surface area contributed by atoms with Crippen LogP contribution >= 0.6 is 0 Å². The number of carbonyl (C=O) groups is 2.